The number of fused-ring (bicyclic) bond motifs is 1. The summed E-state index contributed by atoms with van der Waals surface area (Å²) in [5.74, 6) is 1.86. The molecule has 1 atom stereocenters. The molecule has 0 spiro atoms. The van der Waals surface area contributed by atoms with E-state index in [0.29, 0.717) is 36.2 Å². The lowest BCUT2D eigenvalue weighted by Gasteiger charge is -2.32. The van der Waals surface area contributed by atoms with Crippen molar-refractivity contribution in [2.75, 3.05) is 25.2 Å². The fourth-order valence-electron chi connectivity index (χ4n) is 2.91. The molecule has 0 unspecified atom stereocenters. The highest BCUT2D eigenvalue weighted by Gasteiger charge is 2.25. The maximum Gasteiger partial charge on any atom is 0.321 e. The minimum absolute atomic E-state index is 0.0776. The lowest BCUT2D eigenvalue weighted by molar-refractivity contribution is 0.102. The number of nitrogens with one attached hydrogen (secondary N) is 1. The van der Waals surface area contributed by atoms with Gasteiger partial charge in [-0.25, -0.2) is 14.8 Å². The first-order valence-electron chi connectivity index (χ1n) is 8.16. The van der Waals surface area contributed by atoms with Crippen LogP contribution in [0.15, 0.2) is 36.8 Å². The van der Waals surface area contributed by atoms with Crippen molar-refractivity contribution < 1.29 is 19.0 Å². The molecule has 2 amide bonds. The number of hydrogen-bond donors (Lipinski definition) is 1. The number of rotatable bonds is 3. The van der Waals surface area contributed by atoms with Crippen LogP contribution in [-0.4, -0.2) is 46.9 Å². The Balaban J connectivity index is 1.36. The van der Waals surface area contributed by atoms with Crippen molar-refractivity contribution in [3.8, 4) is 17.4 Å². The molecule has 8 nitrogen and oxygen atoms in total. The summed E-state index contributed by atoms with van der Waals surface area (Å²) in [4.78, 5) is 22.2. The Kier molecular flexibility index (Phi) is 4.24. The summed E-state index contributed by atoms with van der Waals surface area (Å²) in [5, 5.41) is 2.90. The van der Waals surface area contributed by atoms with E-state index >= 15 is 0 Å². The Morgan fingerprint density at radius 2 is 2.20 bits per heavy atom. The highest BCUT2D eigenvalue weighted by Crippen LogP contribution is 2.34. The van der Waals surface area contributed by atoms with Crippen LogP contribution in [0.2, 0.25) is 0 Å². The Morgan fingerprint density at radius 1 is 1.28 bits per heavy atom. The summed E-state index contributed by atoms with van der Waals surface area (Å²) in [7, 11) is 0. The predicted octanol–water partition coefficient (Wildman–Crippen LogP) is 2.28. The molecule has 0 saturated carbocycles. The van der Waals surface area contributed by atoms with Crippen molar-refractivity contribution in [3.05, 3.63) is 36.8 Å². The van der Waals surface area contributed by atoms with Gasteiger partial charge in [0.1, 0.15) is 12.4 Å². The molecule has 2 aliphatic heterocycles. The van der Waals surface area contributed by atoms with E-state index in [1.165, 1.54) is 6.33 Å². The van der Waals surface area contributed by atoms with Crippen LogP contribution in [0.1, 0.15) is 12.8 Å². The largest absolute Gasteiger partial charge is 0.472 e. The van der Waals surface area contributed by atoms with Crippen molar-refractivity contribution >= 4 is 11.7 Å². The smallest absolute Gasteiger partial charge is 0.321 e. The van der Waals surface area contributed by atoms with Gasteiger partial charge in [0, 0.05) is 30.6 Å². The van der Waals surface area contributed by atoms with Gasteiger partial charge in [-0.3, -0.25) is 0 Å². The second-order valence-electron chi connectivity index (χ2n) is 5.87. The summed E-state index contributed by atoms with van der Waals surface area (Å²) in [5.41, 5.74) is 0.674. The van der Waals surface area contributed by atoms with E-state index in [-0.39, 0.29) is 18.9 Å². The quantitative estimate of drug-likeness (QED) is 0.921. The van der Waals surface area contributed by atoms with E-state index in [0.717, 1.165) is 12.8 Å². The number of piperidine rings is 1. The van der Waals surface area contributed by atoms with E-state index < -0.39 is 0 Å². The number of benzene rings is 1. The number of hydrogen-bond acceptors (Lipinski definition) is 6. The lowest BCUT2D eigenvalue weighted by Crippen LogP contribution is -2.46. The van der Waals surface area contributed by atoms with Crippen molar-refractivity contribution in [3.63, 3.8) is 0 Å². The minimum atomic E-state index is -0.158. The Hall–Kier alpha value is -3.03. The van der Waals surface area contributed by atoms with Gasteiger partial charge in [-0.1, -0.05) is 0 Å². The molecule has 1 aromatic heterocycles. The Labute approximate surface area is 144 Å². The molecule has 1 saturated heterocycles. The number of likely N-dealkylation sites (tertiary alicyclic amines) is 1. The number of urea groups is 1. The first-order chi connectivity index (χ1) is 12.3. The van der Waals surface area contributed by atoms with Gasteiger partial charge in [0.05, 0.1) is 6.54 Å². The topological polar surface area (TPSA) is 85.8 Å². The summed E-state index contributed by atoms with van der Waals surface area (Å²) < 4.78 is 16.4. The molecule has 0 radical (unpaired) electrons. The monoisotopic (exact) mass is 342 g/mol. The van der Waals surface area contributed by atoms with Gasteiger partial charge >= 0.3 is 6.03 Å². The van der Waals surface area contributed by atoms with Gasteiger partial charge in [0.25, 0.3) is 0 Å². The molecule has 3 heterocycles. The number of carbonyl (C=O) groups is 1. The summed E-state index contributed by atoms with van der Waals surface area (Å²) in [6.45, 7) is 1.42. The Morgan fingerprint density at radius 3 is 3.08 bits per heavy atom. The molecule has 1 N–H and O–H groups in total. The minimum Gasteiger partial charge on any atom is -0.472 e. The SMILES string of the molecule is O=C(Nc1ccc2c(c1)OCO2)N1CCC[C@@H](Oc2ccncn2)C1. The zero-order valence-electron chi connectivity index (χ0n) is 13.6. The number of nitrogens with zero attached hydrogens (tertiary/aromatic N) is 3. The van der Waals surface area contributed by atoms with Crippen molar-refractivity contribution in [2.45, 2.75) is 18.9 Å². The van der Waals surface area contributed by atoms with E-state index in [2.05, 4.69) is 15.3 Å². The molecule has 130 valence electrons. The van der Waals surface area contributed by atoms with Crippen LogP contribution in [0.3, 0.4) is 0 Å². The van der Waals surface area contributed by atoms with Crippen LogP contribution < -0.4 is 19.5 Å². The molecule has 2 aromatic rings. The van der Waals surface area contributed by atoms with Crippen LogP contribution in [0.25, 0.3) is 0 Å². The van der Waals surface area contributed by atoms with Crippen LogP contribution in [0, 0.1) is 0 Å². The van der Waals surface area contributed by atoms with Crippen LogP contribution >= 0.6 is 0 Å². The van der Waals surface area contributed by atoms with Gasteiger partial charge in [0.2, 0.25) is 12.7 Å². The fraction of sp³-hybridized carbons (Fsp3) is 0.353. The number of carbonyl (C=O) groups excluding carboxylic acids is 1. The zero-order valence-corrected chi connectivity index (χ0v) is 13.6. The van der Waals surface area contributed by atoms with Gasteiger partial charge in [-0.2, -0.15) is 0 Å². The standard InChI is InChI=1S/C17H18N4O4/c22-17(20-12-3-4-14-15(8-12)24-11-23-14)21-7-1-2-13(9-21)25-16-5-6-18-10-19-16/h3-6,8,10,13H,1-2,7,9,11H2,(H,20,22)/t13-/m1/s1. The predicted molar refractivity (Wildman–Crippen MR) is 88.8 cm³/mol. The highest BCUT2D eigenvalue weighted by atomic mass is 16.7. The first kappa shape index (κ1) is 15.5. The number of ether oxygens (including phenoxy) is 3. The first-order valence-corrected chi connectivity index (χ1v) is 8.16. The molecular formula is C17H18N4O4. The molecule has 0 aliphatic carbocycles. The third-order valence-electron chi connectivity index (χ3n) is 4.13. The van der Waals surface area contributed by atoms with E-state index in [4.69, 9.17) is 14.2 Å². The van der Waals surface area contributed by atoms with Gasteiger partial charge < -0.3 is 24.4 Å². The Bertz CT molecular complexity index is 756. The average Bonchev–Trinajstić information content (AvgIpc) is 3.10. The summed E-state index contributed by atoms with van der Waals surface area (Å²) in [6.07, 6.45) is 4.77. The zero-order chi connectivity index (χ0) is 17.1. The van der Waals surface area contributed by atoms with Crippen LogP contribution in [0.4, 0.5) is 10.5 Å². The molecule has 8 heteroatoms. The lowest BCUT2D eigenvalue weighted by atomic mass is 10.1. The van der Waals surface area contributed by atoms with E-state index in [1.54, 1.807) is 35.4 Å². The number of aromatic nitrogens is 2. The number of anilines is 1. The molecule has 1 aromatic carbocycles. The van der Waals surface area contributed by atoms with Crippen molar-refractivity contribution in [1.82, 2.24) is 14.9 Å². The fourth-order valence-corrected chi connectivity index (χ4v) is 2.91. The van der Waals surface area contributed by atoms with E-state index in [9.17, 15) is 4.79 Å². The summed E-state index contributed by atoms with van der Waals surface area (Å²) in [6, 6.07) is 6.90. The van der Waals surface area contributed by atoms with Crippen molar-refractivity contribution in [2.24, 2.45) is 0 Å². The second-order valence-corrected chi connectivity index (χ2v) is 5.87. The molecule has 25 heavy (non-hydrogen) atoms. The third kappa shape index (κ3) is 3.57. The van der Waals surface area contributed by atoms with E-state index in [1.807, 2.05) is 0 Å². The van der Waals surface area contributed by atoms with Crippen molar-refractivity contribution in [1.29, 1.82) is 0 Å². The van der Waals surface area contributed by atoms with Gasteiger partial charge in [-0.05, 0) is 25.0 Å². The second kappa shape index (κ2) is 6.84. The van der Waals surface area contributed by atoms with Crippen LogP contribution in [0.5, 0.6) is 17.4 Å². The summed E-state index contributed by atoms with van der Waals surface area (Å²) >= 11 is 0. The van der Waals surface area contributed by atoms with Gasteiger partial charge in [0.15, 0.2) is 11.5 Å². The molecule has 2 aliphatic rings. The average molecular weight is 342 g/mol. The molecular weight excluding hydrogens is 324 g/mol. The van der Waals surface area contributed by atoms with Crippen LogP contribution in [-0.2, 0) is 0 Å². The molecule has 4 rings (SSSR count). The molecule has 0 bridgehead atoms. The highest BCUT2D eigenvalue weighted by molar-refractivity contribution is 5.89. The third-order valence-corrected chi connectivity index (χ3v) is 4.13. The maximum absolute atomic E-state index is 12.5. The normalized spacial score (nSPS) is 18.7. The van der Waals surface area contributed by atoms with Gasteiger partial charge in [-0.15, -0.1) is 0 Å². The molecule has 1 fully saturated rings. The number of amides is 2. The maximum atomic E-state index is 12.5.